The first-order valence-corrected chi connectivity index (χ1v) is 10.5. The third-order valence-electron chi connectivity index (χ3n) is 5.64. The minimum atomic E-state index is -0.445. The average Bonchev–Trinajstić information content (AvgIpc) is 2.98. The van der Waals surface area contributed by atoms with Crippen LogP contribution in [0.4, 0.5) is 4.79 Å². The Labute approximate surface area is 168 Å². The number of carbonyl (C=O) groups excluding carboxylic acids is 1. The second-order valence-corrected chi connectivity index (χ2v) is 8.60. The molecule has 154 valence electrons. The Morgan fingerprint density at radius 2 is 1.93 bits per heavy atom. The maximum absolute atomic E-state index is 12.3. The lowest BCUT2D eigenvalue weighted by molar-refractivity contribution is -0.676. The summed E-state index contributed by atoms with van der Waals surface area (Å²) in [5.41, 5.74) is 9.47. The highest BCUT2D eigenvalue weighted by Gasteiger charge is 2.29. The fourth-order valence-electron chi connectivity index (χ4n) is 4.31. The number of rotatable bonds is 4. The zero-order chi connectivity index (χ0) is 20.5. The second-order valence-electron chi connectivity index (χ2n) is 8.60. The molecule has 6 heteroatoms. The average molecular weight is 388 g/mol. The van der Waals surface area contributed by atoms with Crippen LogP contribution < -0.4 is 10.3 Å². The van der Waals surface area contributed by atoms with Gasteiger partial charge in [0, 0.05) is 13.1 Å². The van der Waals surface area contributed by atoms with E-state index in [2.05, 4.69) is 41.2 Å². The lowest BCUT2D eigenvalue weighted by Crippen LogP contribution is -2.41. The van der Waals surface area contributed by atoms with Crippen molar-refractivity contribution in [3.8, 4) is 0 Å². The quantitative estimate of drug-likeness (QED) is 0.816. The molecular weight excluding hydrogens is 352 g/mol. The molecule has 28 heavy (non-hydrogen) atoms. The summed E-state index contributed by atoms with van der Waals surface area (Å²) in [7, 11) is 0. The molecule has 1 fully saturated rings. The summed E-state index contributed by atoms with van der Waals surface area (Å²) in [4.78, 5) is 14.1. The van der Waals surface area contributed by atoms with Gasteiger partial charge in [0.05, 0.1) is 19.6 Å². The number of aromatic nitrogens is 2. The SMILES string of the molecule is CCn1c(CN)[n+](CC)c2ccc(C3CCN(C(=O)OC(C)(C)C)CC3)cc21. The molecule has 1 saturated heterocycles. The van der Waals surface area contributed by atoms with Gasteiger partial charge in [0.2, 0.25) is 0 Å². The zero-order valence-electron chi connectivity index (χ0n) is 18.0. The molecule has 0 saturated carbocycles. The van der Waals surface area contributed by atoms with Gasteiger partial charge in [0.1, 0.15) is 5.60 Å². The Morgan fingerprint density at radius 1 is 1.25 bits per heavy atom. The van der Waals surface area contributed by atoms with Crippen LogP contribution in [0.15, 0.2) is 18.2 Å². The van der Waals surface area contributed by atoms with Gasteiger partial charge in [-0.3, -0.25) is 0 Å². The fraction of sp³-hybridized carbons (Fsp3) is 0.636. The van der Waals surface area contributed by atoms with Crippen molar-refractivity contribution in [2.24, 2.45) is 5.73 Å². The van der Waals surface area contributed by atoms with Gasteiger partial charge in [-0.25, -0.2) is 13.9 Å². The number of carbonyl (C=O) groups is 1. The summed E-state index contributed by atoms with van der Waals surface area (Å²) in [6.45, 7) is 13.9. The highest BCUT2D eigenvalue weighted by molar-refractivity contribution is 5.74. The number of imidazole rings is 1. The van der Waals surface area contributed by atoms with Crippen LogP contribution in [0.3, 0.4) is 0 Å². The highest BCUT2D eigenvalue weighted by atomic mass is 16.6. The van der Waals surface area contributed by atoms with Crippen LogP contribution in [0, 0.1) is 0 Å². The van der Waals surface area contributed by atoms with E-state index >= 15 is 0 Å². The standard InChI is InChI=1S/C22H35N4O2/c1-6-25-18-9-8-17(14-19(18)26(7-2)20(25)15-23)16-10-12-24(13-11-16)21(27)28-22(3,4)5/h8-9,14,16H,6-7,10-13,15,23H2,1-5H3/q+1. The molecule has 0 spiro atoms. The van der Waals surface area contributed by atoms with Crippen molar-refractivity contribution < 1.29 is 14.1 Å². The number of likely N-dealkylation sites (tertiary alicyclic amines) is 1. The number of benzene rings is 1. The van der Waals surface area contributed by atoms with Gasteiger partial charge in [-0.2, -0.15) is 0 Å². The molecule has 0 bridgehead atoms. The first-order chi connectivity index (χ1) is 13.3. The van der Waals surface area contributed by atoms with E-state index in [9.17, 15) is 4.79 Å². The first kappa shape index (κ1) is 20.6. The van der Waals surface area contributed by atoms with E-state index in [1.54, 1.807) is 0 Å². The van der Waals surface area contributed by atoms with Crippen LogP contribution >= 0.6 is 0 Å². The number of nitrogens with two attached hydrogens (primary N) is 1. The monoisotopic (exact) mass is 387 g/mol. The van der Waals surface area contributed by atoms with E-state index in [-0.39, 0.29) is 6.09 Å². The van der Waals surface area contributed by atoms with Gasteiger partial charge >= 0.3 is 6.09 Å². The van der Waals surface area contributed by atoms with Crippen LogP contribution in [-0.4, -0.2) is 34.3 Å². The molecule has 1 aliphatic heterocycles. The number of ether oxygens (including phenoxy) is 1. The molecule has 6 nitrogen and oxygen atoms in total. The van der Waals surface area contributed by atoms with Gasteiger partial charge in [-0.1, -0.05) is 6.07 Å². The Bertz CT molecular complexity index is 842. The van der Waals surface area contributed by atoms with Crippen LogP contribution in [0.25, 0.3) is 11.0 Å². The number of nitrogens with zero attached hydrogens (tertiary/aromatic N) is 3. The lowest BCUT2D eigenvalue weighted by Gasteiger charge is -2.33. The summed E-state index contributed by atoms with van der Waals surface area (Å²) in [5.74, 6) is 1.65. The third-order valence-corrected chi connectivity index (χ3v) is 5.64. The van der Waals surface area contributed by atoms with Crippen molar-refractivity contribution >= 4 is 17.1 Å². The van der Waals surface area contributed by atoms with Gasteiger partial charge in [0.15, 0.2) is 11.0 Å². The molecule has 0 unspecified atom stereocenters. The summed E-state index contributed by atoms with van der Waals surface area (Å²) < 4.78 is 10.2. The van der Waals surface area contributed by atoms with Crippen molar-refractivity contribution in [3.63, 3.8) is 0 Å². The molecule has 2 heterocycles. The van der Waals surface area contributed by atoms with Crippen molar-refractivity contribution in [1.82, 2.24) is 9.47 Å². The maximum Gasteiger partial charge on any atom is 0.410 e. The van der Waals surface area contributed by atoms with E-state index in [1.807, 2.05) is 25.7 Å². The Balaban J connectivity index is 1.79. The molecule has 0 aliphatic carbocycles. The third kappa shape index (κ3) is 4.02. The predicted octanol–water partition coefficient (Wildman–Crippen LogP) is 3.54. The largest absolute Gasteiger partial charge is 0.444 e. The smallest absolute Gasteiger partial charge is 0.410 e. The van der Waals surface area contributed by atoms with Crippen molar-refractivity contribution in [2.45, 2.75) is 78.6 Å². The van der Waals surface area contributed by atoms with E-state index in [0.29, 0.717) is 12.5 Å². The number of amides is 1. The van der Waals surface area contributed by atoms with Gasteiger partial charge in [-0.15, -0.1) is 0 Å². The molecule has 1 aromatic carbocycles. The molecule has 2 N–H and O–H groups in total. The van der Waals surface area contributed by atoms with E-state index < -0.39 is 5.60 Å². The fourth-order valence-corrected chi connectivity index (χ4v) is 4.31. The molecule has 1 aromatic heterocycles. The second kappa shape index (κ2) is 8.11. The predicted molar refractivity (Wildman–Crippen MR) is 111 cm³/mol. The Hall–Kier alpha value is -2.08. The Morgan fingerprint density at radius 3 is 2.46 bits per heavy atom. The van der Waals surface area contributed by atoms with E-state index in [0.717, 1.165) is 39.0 Å². The van der Waals surface area contributed by atoms with Crippen LogP contribution in [0.5, 0.6) is 0 Å². The maximum atomic E-state index is 12.3. The zero-order valence-corrected chi connectivity index (χ0v) is 18.0. The molecule has 3 rings (SSSR count). The summed E-state index contributed by atoms with van der Waals surface area (Å²) in [5, 5.41) is 0. The highest BCUT2D eigenvalue weighted by Crippen LogP contribution is 2.31. The summed E-state index contributed by atoms with van der Waals surface area (Å²) >= 11 is 0. The Kier molecular flexibility index (Phi) is 5.98. The van der Waals surface area contributed by atoms with Crippen molar-refractivity contribution in [3.05, 3.63) is 29.6 Å². The van der Waals surface area contributed by atoms with Crippen LogP contribution in [0.2, 0.25) is 0 Å². The normalized spacial score (nSPS) is 16.0. The van der Waals surface area contributed by atoms with Gasteiger partial charge in [0.25, 0.3) is 5.82 Å². The van der Waals surface area contributed by atoms with Crippen LogP contribution in [-0.2, 0) is 24.4 Å². The molecule has 0 atom stereocenters. The number of hydrogen-bond acceptors (Lipinski definition) is 3. The van der Waals surface area contributed by atoms with Gasteiger partial charge in [-0.05, 0) is 71.1 Å². The van der Waals surface area contributed by atoms with Crippen molar-refractivity contribution in [1.29, 1.82) is 0 Å². The van der Waals surface area contributed by atoms with E-state index in [1.165, 1.54) is 22.4 Å². The summed E-state index contributed by atoms with van der Waals surface area (Å²) in [6.07, 6.45) is 1.74. The number of aryl methyl sites for hydroxylation is 2. The van der Waals surface area contributed by atoms with Gasteiger partial charge < -0.3 is 15.4 Å². The number of fused-ring (bicyclic) bond motifs is 1. The molecule has 0 radical (unpaired) electrons. The molecular formula is C22H35N4O2+. The minimum absolute atomic E-state index is 0.196. The first-order valence-electron chi connectivity index (χ1n) is 10.5. The number of hydrogen-bond donors (Lipinski definition) is 1. The molecule has 2 aromatic rings. The molecule has 1 amide bonds. The van der Waals surface area contributed by atoms with Crippen molar-refractivity contribution in [2.75, 3.05) is 13.1 Å². The topological polar surface area (TPSA) is 64.4 Å². The molecule has 1 aliphatic rings. The lowest BCUT2D eigenvalue weighted by atomic mass is 9.89. The van der Waals surface area contributed by atoms with E-state index in [4.69, 9.17) is 10.5 Å². The van der Waals surface area contributed by atoms with Crippen LogP contribution in [0.1, 0.15) is 64.8 Å². The summed E-state index contributed by atoms with van der Waals surface area (Å²) in [6, 6.07) is 6.82. The minimum Gasteiger partial charge on any atom is -0.444 e. The number of piperidine rings is 1.